The maximum absolute atomic E-state index is 12.1. The van der Waals surface area contributed by atoms with E-state index in [1.165, 1.54) is 44.2 Å². The molecule has 0 spiro atoms. The molecule has 0 aliphatic carbocycles. The number of nitrogens with one attached hydrogen (secondary N) is 3. The number of rotatable bonds is 5. The molecule has 0 aromatic carbocycles. The van der Waals surface area contributed by atoms with Gasteiger partial charge in [-0.25, -0.2) is 9.78 Å². The normalized spacial score (nSPS) is 12.5. The molecule has 0 saturated heterocycles. The van der Waals surface area contributed by atoms with Crippen molar-refractivity contribution in [1.29, 1.82) is 0 Å². The maximum Gasteiger partial charge on any atom is 0.405 e. The van der Waals surface area contributed by atoms with Crippen molar-refractivity contribution in [2.75, 3.05) is 26.0 Å². The van der Waals surface area contributed by atoms with Crippen LogP contribution in [-0.4, -0.2) is 65.0 Å². The molecule has 0 unspecified atom stereocenters. The Bertz CT molecular complexity index is 679. The van der Waals surface area contributed by atoms with Crippen LogP contribution in [0.2, 0.25) is 5.02 Å². The summed E-state index contributed by atoms with van der Waals surface area (Å²) in [5, 5.41) is 15.7. The second-order valence-corrected chi connectivity index (χ2v) is 5.90. The molecular formula is C14H18ClN5O5. The number of anilines is 1. The highest BCUT2D eigenvalue weighted by molar-refractivity contribution is 6.39. The van der Waals surface area contributed by atoms with Crippen molar-refractivity contribution in [3.63, 3.8) is 0 Å². The minimum atomic E-state index is -1.64. The van der Waals surface area contributed by atoms with E-state index in [-0.39, 0.29) is 5.82 Å². The molecule has 1 aromatic heterocycles. The molecule has 0 aliphatic rings. The maximum atomic E-state index is 12.1. The van der Waals surface area contributed by atoms with Gasteiger partial charge in [-0.15, -0.1) is 0 Å². The summed E-state index contributed by atoms with van der Waals surface area (Å²) >= 11 is 5.66. The topological polar surface area (TPSA) is 141 Å². The van der Waals surface area contributed by atoms with Gasteiger partial charge in [-0.2, -0.15) is 0 Å². The monoisotopic (exact) mass is 371 g/mol. The van der Waals surface area contributed by atoms with Gasteiger partial charge in [0, 0.05) is 20.3 Å². The zero-order chi connectivity index (χ0) is 19.2. The molecule has 1 rings (SSSR count). The molecule has 1 atom stereocenters. The lowest BCUT2D eigenvalue weighted by Crippen LogP contribution is -2.62. The quantitative estimate of drug-likeness (QED) is 0.533. The fourth-order valence-corrected chi connectivity index (χ4v) is 1.97. The van der Waals surface area contributed by atoms with E-state index in [0.29, 0.717) is 5.02 Å². The number of hydrogen-bond acceptors (Lipinski definition) is 5. The molecule has 4 N–H and O–H groups in total. The van der Waals surface area contributed by atoms with Crippen molar-refractivity contribution < 1.29 is 24.3 Å². The number of carbonyl (C=O) groups excluding carboxylic acids is 3. The van der Waals surface area contributed by atoms with Gasteiger partial charge in [0.2, 0.25) is 5.91 Å². The minimum absolute atomic E-state index is 0.111. The van der Waals surface area contributed by atoms with Crippen molar-refractivity contribution in [3.05, 3.63) is 23.4 Å². The second-order valence-electron chi connectivity index (χ2n) is 5.46. The number of likely N-dealkylation sites (N-methyl/N-ethyl adjacent to an activating group) is 1. The Morgan fingerprint density at radius 2 is 1.88 bits per heavy atom. The van der Waals surface area contributed by atoms with Crippen LogP contribution < -0.4 is 16.0 Å². The molecule has 10 nitrogen and oxygen atoms in total. The standard InChI is InChI=1S/C14H18ClN5O5/c1-14(19-13(24)25,12(23)20(2)3)7-17-10(21)11(22)18-9-5-4-8(15)6-16-9/h4-6,19H,7H2,1-3H3,(H,17,21)(H,24,25)(H,16,18,22)/t14-/m0/s1. The van der Waals surface area contributed by atoms with Crippen LogP contribution in [0, 0.1) is 0 Å². The first-order chi connectivity index (χ1) is 11.5. The summed E-state index contributed by atoms with van der Waals surface area (Å²) in [5.74, 6) is -2.55. The number of halogens is 1. The van der Waals surface area contributed by atoms with Crippen LogP contribution in [0.15, 0.2) is 18.3 Å². The van der Waals surface area contributed by atoms with E-state index < -0.39 is 35.9 Å². The first-order valence-corrected chi connectivity index (χ1v) is 7.36. The van der Waals surface area contributed by atoms with E-state index >= 15 is 0 Å². The van der Waals surface area contributed by atoms with Crippen molar-refractivity contribution in [2.45, 2.75) is 12.5 Å². The Morgan fingerprint density at radius 3 is 2.36 bits per heavy atom. The van der Waals surface area contributed by atoms with Gasteiger partial charge in [-0.3, -0.25) is 14.4 Å². The summed E-state index contributed by atoms with van der Waals surface area (Å²) in [5.41, 5.74) is -1.64. The average Bonchev–Trinajstić information content (AvgIpc) is 2.53. The third kappa shape index (κ3) is 5.92. The summed E-state index contributed by atoms with van der Waals surface area (Å²) in [6, 6.07) is 2.88. The van der Waals surface area contributed by atoms with Gasteiger partial charge in [0.1, 0.15) is 11.4 Å². The van der Waals surface area contributed by atoms with Crippen molar-refractivity contribution in [2.24, 2.45) is 0 Å². The highest BCUT2D eigenvalue weighted by atomic mass is 35.5. The van der Waals surface area contributed by atoms with Crippen molar-refractivity contribution in [1.82, 2.24) is 20.5 Å². The average molecular weight is 372 g/mol. The summed E-state index contributed by atoms with van der Waals surface area (Å²) in [7, 11) is 2.87. The molecule has 136 valence electrons. The molecule has 4 amide bonds. The molecule has 1 aromatic rings. The summed E-state index contributed by atoms with van der Waals surface area (Å²) in [6.07, 6.45) is -0.152. The Morgan fingerprint density at radius 1 is 1.24 bits per heavy atom. The molecular weight excluding hydrogens is 354 g/mol. The predicted molar refractivity (Wildman–Crippen MR) is 89.1 cm³/mol. The van der Waals surface area contributed by atoms with Gasteiger partial charge in [0.15, 0.2) is 0 Å². The third-order valence-electron chi connectivity index (χ3n) is 3.04. The van der Waals surface area contributed by atoms with Gasteiger partial charge in [0.25, 0.3) is 0 Å². The molecule has 25 heavy (non-hydrogen) atoms. The van der Waals surface area contributed by atoms with Crippen LogP contribution in [0.4, 0.5) is 10.6 Å². The number of hydrogen-bond donors (Lipinski definition) is 4. The first-order valence-electron chi connectivity index (χ1n) is 6.99. The van der Waals surface area contributed by atoms with Gasteiger partial charge >= 0.3 is 17.9 Å². The highest BCUT2D eigenvalue weighted by Crippen LogP contribution is 2.09. The Hall–Kier alpha value is -2.88. The molecule has 0 saturated carbocycles. The summed E-state index contributed by atoms with van der Waals surface area (Å²) in [6.45, 7) is 0.874. The van der Waals surface area contributed by atoms with Gasteiger partial charge < -0.3 is 26.0 Å². The Labute approximate surface area is 148 Å². The van der Waals surface area contributed by atoms with Gasteiger partial charge in [0.05, 0.1) is 11.6 Å². The number of carbonyl (C=O) groups is 4. The largest absolute Gasteiger partial charge is 0.465 e. The van der Waals surface area contributed by atoms with Crippen LogP contribution in [0.1, 0.15) is 6.92 Å². The number of amides is 4. The second kappa shape index (κ2) is 8.29. The molecule has 0 radical (unpaired) electrons. The van der Waals surface area contributed by atoms with E-state index in [1.54, 1.807) is 0 Å². The highest BCUT2D eigenvalue weighted by Gasteiger charge is 2.37. The molecule has 0 bridgehead atoms. The first kappa shape index (κ1) is 20.2. The lowest BCUT2D eigenvalue weighted by Gasteiger charge is -2.30. The number of carboxylic acid groups (broad SMARTS) is 1. The fourth-order valence-electron chi connectivity index (χ4n) is 1.86. The fraction of sp³-hybridized carbons (Fsp3) is 0.357. The molecule has 1 heterocycles. The van der Waals surface area contributed by atoms with Crippen molar-refractivity contribution in [3.8, 4) is 0 Å². The number of pyridine rings is 1. The number of aromatic nitrogens is 1. The van der Waals surface area contributed by atoms with E-state index in [1.807, 2.05) is 5.32 Å². The van der Waals surface area contributed by atoms with E-state index in [2.05, 4.69) is 15.6 Å². The molecule has 0 fully saturated rings. The van der Waals surface area contributed by atoms with E-state index in [9.17, 15) is 19.2 Å². The summed E-state index contributed by atoms with van der Waals surface area (Å²) in [4.78, 5) is 51.7. The van der Waals surface area contributed by atoms with Crippen LogP contribution in [0.5, 0.6) is 0 Å². The third-order valence-corrected chi connectivity index (χ3v) is 3.26. The molecule has 11 heteroatoms. The van der Waals surface area contributed by atoms with Crippen molar-refractivity contribution >= 4 is 41.2 Å². The van der Waals surface area contributed by atoms with Gasteiger partial charge in [-0.05, 0) is 19.1 Å². The Balaban J connectivity index is 2.72. The zero-order valence-electron chi connectivity index (χ0n) is 13.8. The SMILES string of the molecule is CN(C)C(=O)[C@](C)(CNC(=O)C(=O)Nc1ccc(Cl)cn1)NC(=O)O. The predicted octanol–water partition coefficient (Wildman–Crippen LogP) is -0.0958. The van der Waals surface area contributed by atoms with Crippen LogP contribution in [-0.2, 0) is 14.4 Å². The van der Waals surface area contributed by atoms with E-state index in [0.717, 1.165) is 0 Å². The van der Waals surface area contributed by atoms with E-state index in [4.69, 9.17) is 16.7 Å². The lowest BCUT2D eigenvalue weighted by molar-refractivity contribution is -0.138. The van der Waals surface area contributed by atoms with Crippen LogP contribution >= 0.6 is 11.6 Å². The van der Waals surface area contributed by atoms with Crippen LogP contribution in [0.3, 0.4) is 0 Å². The minimum Gasteiger partial charge on any atom is -0.465 e. The van der Waals surface area contributed by atoms with Gasteiger partial charge in [-0.1, -0.05) is 11.6 Å². The summed E-state index contributed by atoms with van der Waals surface area (Å²) < 4.78 is 0. The zero-order valence-corrected chi connectivity index (χ0v) is 14.5. The lowest BCUT2D eigenvalue weighted by atomic mass is 10.0. The Kier molecular flexibility index (Phi) is 6.68. The smallest absolute Gasteiger partial charge is 0.405 e. The van der Waals surface area contributed by atoms with Crippen LogP contribution in [0.25, 0.3) is 0 Å². The number of nitrogens with zero attached hydrogens (tertiary/aromatic N) is 2. The molecule has 0 aliphatic heterocycles.